The van der Waals surface area contributed by atoms with Crippen LogP contribution in [0.15, 0.2) is 6.07 Å². The van der Waals surface area contributed by atoms with Gasteiger partial charge in [0.25, 0.3) is 5.91 Å². The molecule has 1 aromatic rings. The van der Waals surface area contributed by atoms with Crippen molar-refractivity contribution in [1.29, 1.82) is 0 Å². The first-order chi connectivity index (χ1) is 10.1. The highest BCUT2D eigenvalue weighted by Gasteiger charge is 2.22. The standard InChI is InChI=1S/C14H20Cl2N4O/c1-2-3-6-20-7-4-10(5-8-20)17-14(21)11-9-12(15)18-19-13(11)16/h9-10H,2-8H2,1H3,(H,17,21). The van der Waals surface area contributed by atoms with Crippen LogP contribution in [0.2, 0.25) is 10.3 Å². The van der Waals surface area contributed by atoms with E-state index in [-0.39, 0.29) is 27.8 Å². The summed E-state index contributed by atoms with van der Waals surface area (Å²) in [5, 5.41) is 10.5. The van der Waals surface area contributed by atoms with E-state index in [0.29, 0.717) is 0 Å². The van der Waals surface area contributed by atoms with E-state index < -0.39 is 0 Å². The summed E-state index contributed by atoms with van der Waals surface area (Å²) in [5.41, 5.74) is 0.282. The highest BCUT2D eigenvalue weighted by Crippen LogP contribution is 2.17. The number of piperidine rings is 1. The second-order valence-corrected chi connectivity index (χ2v) is 6.06. The third-order valence-corrected chi connectivity index (χ3v) is 4.18. The van der Waals surface area contributed by atoms with Gasteiger partial charge in [-0.2, -0.15) is 0 Å². The minimum absolute atomic E-state index is 0.0808. The van der Waals surface area contributed by atoms with Crippen molar-refractivity contribution in [3.63, 3.8) is 0 Å². The molecule has 7 heteroatoms. The molecule has 1 saturated heterocycles. The van der Waals surface area contributed by atoms with E-state index in [2.05, 4.69) is 27.3 Å². The molecule has 5 nitrogen and oxygen atoms in total. The second-order valence-electron chi connectivity index (χ2n) is 5.31. The fourth-order valence-corrected chi connectivity index (χ4v) is 2.78. The molecule has 0 unspecified atom stereocenters. The van der Waals surface area contributed by atoms with Crippen LogP contribution in [0, 0.1) is 0 Å². The molecule has 1 aromatic heterocycles. The van der Waals surface area contributed by atoms with E-state index in [1.807, 2.05) is 0 Å². The zero-order chi connectivity index (χ0) is 15.2. The maximum atomic E-state index is 12.2. The van der Waals surface area contributed by atoms with E-state index in [0.717, 1.165) is 32.5 Å². The van der Waals surface area contributed by atoms with Gasteiger partial charge in [-0.05, 0) is 31.9 Å². The van der Waals surface area contributed by atoms with Crippen LogP contribution in [-0.2, 0) is 0 Å². The molecule has 0 aliphatic carbocycles. The molecule has 116 valence electrons. The Bertz CT molecular complexity index is 490. The number of rotatable bonds is 5. The number of amides is 1. The Labute approximate surface area is 135 Å². The zero-order valence-corrected chi connectivity index (χ0v) is 13.6. The van der Waals surface area contributed by atoms with Crippen LogP contribution < -0.4 is 5.32 Å². The molecule has 1 N–H and O–H groups in total. The van der Waals surface area contributed by atoms with Gasteiger partial charge in [0.05, 0.1) is 5.56 Å². The maximum Gasteiger partial charge on any atom is 0.254 e. The number of halogens is 2. The Hall–Kier alpha value is -0.910. The predicted octanol–water partition coefficient (Wildman–Crippen LogP) is 2.78. The van der Waals surface area contributed by atoms with Gasteiger partial charge in [-0.25, -0.2) is 0 Å². The van der Waals surface area contributed by atoms with Gasteiger partial charge in [0.1, 0.15) is 0 Å². The van der Waals surface area contributed by atoms with Gasteiger partial charge in [0.15, 0.2) is 10.3 Å². The van der Waals surface area contributed by atoms with Gasteiger partial charge in [-0.15, -0.1) is 10.2 Å². The van der Waals surface area contributed by atoms with Crippen molar-refractivity contribution in [2.75, 3.05) is 19.6 Å². The molecular weight excluding hydrogens is 311 g/mol. The third-order valence-electron chi connectivity index (χ3n) is 3.71. The molecular formula is C14H20Cl2N4O. The van der Waals surface area contributed by atoms with Crippen molar-refractivity contribution < 1.29 is 4.79 Å². The van der Waals surface area contributed by atoms with Crippen LogP contribution >= 0.6 is 23.2 Å². The minimum atomic E-state index is -0.233. The van der Waals surface area contributed by atoms with Crippen LogP contribution in [0.25, 0.3) is 0 Å². The first-order valence-electron chi connectivity index (χ1n) is 7.32. The molecule has 0 atom stereocenters. The summed E-state index contributed by atoms with van der Waals surface area (Å²) in [6.45, 7) is 5.39. The molecule has 1 fully saturated rings. The van der Waals surface area contributed by atoms with Crippen molar-refractivity contribution in [2.24, 2.45) is 0 Å². The fraction of sp³-hybridized carbons (Fsp3) is 0.643. The Morgan fingerprint density at radius 2 is 2.10 bits per heavy atom. The van der Waals surface area contributed by atoms with Crippen molar-refractivity contribution in [2.45, 2.75) is 38.6 Å². The van der Waals surface area contributed by atoms with Gasteiger partial charge in [0.2, 0.25) is 0 Å². The fourth-order valence-electron chi connectivity index (χ4n) is 2.46. The Morgan fingerprint density at radius 3 is 2.76 bits per heavy atom. The van der Waals surface area contributed by atoms with Crippen LogP contribution in [0.4, 0.5) is 0 Å². The number of carbonyl (C=O) groups excluding carboxylic acids is 1. The second kappa shape index (κ2) is 7.92. The number of unbranched alkanes of at least 4 members (excludes halogenated alkanes) is 1. The molecule has 1 amide bonds. The molecule has 2 heterocycles. The number of hydrogen-bond donors (Lipinski definition) is 1. The summed E-state index contributed by atoms with van der Waals surface area (Å²) in [5.74, 6) is -0.233. The molecule has 2 rings (SSSR count). The first-order valence-corrected chi connectivity index (χ1v) is 8.07. The normalized spacial score (nSPS) is 16.9. The monoisotopic (exact) mass is 330 g/mol. The quantitative estimate of drug-likeness (QED) is 0.901. The van der Waals surface area contributed by atoms with Gasteiger partial charge >= 0.3 is 0 Å². The smallest absolute Gasteiger partial charge is 0.254 e. The number of hydrogen-bond acceptors (Lipinski definition) is 4. The number of carbonyl (C=O) groups is 1. The van der Waals surface area contributed by atoms with Crippen LogP contribution in [0.5, 0.6) is 0 Å². The SMILES string of the molecule is CCCCN1CCC(NC(=O)c2cc(Cl)nnc2Cl)CC1. The van der Waals surface area contributed by atoms with Gasteiger partial charge in [-0.1, -0.05) is 36.5 Å². The predicted molar refractivity (Wildman–Crippen MR) is 83.9 cm³/mol. The Kier molecular flexibility index (Phi) is 6.21. The molecule has 1 aliphatic heterocycles. The zero-order valence-electron chi connectivity index (χ0n) is 12.1. The van der Waals surface area contributed by atoms with Crippen molar-refractivity contribution in [3.8, 4) is 0 Å². The summed E-state index contributed by atoms with van der Waals surface area (Å²) in [4.78, 5) is 14.7. The number of likely N-dealkylation sites (tertiary alicyclic amines) is 1. The van der Waals surface area contributed by atoms with E-state index in [9.17, 15) is 4.79 Å². The molecule has 0 aromatic carbocycles. The molecule has 21 heavy (non-hydrogen) atoms. The number of aromatic nitrogens is 2. The minimum Gasteiger partial charge on any atom is -0.349 e. The van der Waals surface area contributed by atoms with Gasteiger partial charge in [-0.3, -0.25) is 4.79 Å². The lowest BCUT2D eigenvalue weighted by molar-refractivity contribution is 0.0910. The lowest BCUT2D eigenvalue weighted by atomic mass is 10.0. The maximum absolute atomic E-state index is 12.2. The molecule has 0 radical (unpaired) electrons. The Morgan fingerprint density at radius 1 is 1.38 bits per heavy atom. The number of nitrogens with one attached hydrogen (secondary N) is 1. The highest BCUT2D eigenvalue weighted by molar-refractivity contribution is 6.34. The van der Waals surface area contributed by atoms with Crippen molar-refractivity contribution in [3.05, 3.63) is 21.9 Å². The topological polar surface area (TPSA) is 58.1 Å². The largest absolute Gasteiger partial charge is 0.349 e. The van der Waals surface area contributed by atoms with Crippen molar-refractivity contribution in [1.82, 2.24) is 20.4 Å². The summed E-state index contributed by atoms with van der Waals surface area (Å²) in [6, 6.07) is 1.63. The third kappa shape index (κ3) is 4.80. The van der Waals surface area contributed by atoms with E-state index in [1.54, 1.807) is 0 Å². The summed E-state index contributed by atoms with van der Waals surface area (Å²) in [6.07, 6.45) is 4.36. The molecule has 0 spiro atoms. The van der Waals surface area contributed by atoms with Crippen LogP contribution in [0.3, 0.4) is 0 Å². The van der Waals surface area contributed by atoms with Gasteiger partial charge in [0, 0.05) is 19.1 Å². The average Bonchev–Trinajstić information content (AvgIpc) is 2.49. The molecule has 0 bridgehead atoms. The van der Waals surface area contributed by atoms with E-state index in [4.69, 9.17) is 23.2 Å². The molecule has 0 saturated carbocycles. The first kappa shape index (κ1) is 16.5. The summed E-state index contributed by atoms with van der Waals surface area (Å²) in [7, 11) is 0. The summed E-state index contributed by atoms with van der Waals surface area (Å²) < 4.78 is 0. The van der Waals surface area contributed by atoms with Crippen molar-refractivity contribution >= 4 is 29.1 Å². The number of nitrogens with zero attached hydrogens (tertiary/aromatic N) is 3. The lowest BCUT2D eigenvalue weighted by Gasteiger charge is -2.32. The highest BCUT2D eigenvalue weighted by atomic mass is 35.5. The van der Waals surface area contributed by atoms with Gasteiger partial charge < -0.3 is 10.2 Å². The lowest BCUT2D eigenvalue weighted by Crippen LogP contribution is -2.44. The Balaban J connectivity index is 1.85. The summed E-state index contributed by atoms with van der Waals surface area (Å²) >= 11 is 11.6. The van der Waals surface area contributed by atoms with Crippen LogP contribution in [0.1, 0.15) is 43.0 Å². The van der Waals surface area contributed by atoms with E-state index >= 15 is 0 Å². The van der Waals surface area contributed by atoms with E-state index in [1.165, 1.54) is 18.9 Å². The average molecular weight is 331 g/mol. The molecule has 1 aliphatic rings. The van der Waals surface area contributed by atoms with Crippen LogP contribution in [-0.4, -0.2) is 46.7 Å².